The number of carbonyl (C=O) groups excluding carboxylic acids is 7. The van der Waals surface area contributed by atoms with Crippen LogP contribution < -0.4 is 75.5 Å². The number of carbonyl (C=O) groups is 7. The highest BCUT2D eigenvalue weighted by molar-refractivity contribution is 8.00. The number of hydrogen-bond acceptors (Lipinski definition) is 32. The van der Waals surface area contributed by atoms with Gasteiger partial charge >= 0.3 is 23.4 Å². The Kier molecular flexibility index (Phi) is 29.5. The number of nitrogens with two attached hydrogens (primary N) is 2. The summed E-state index contributed by atoms with van der Waals surface area (Å²) in [6.07, 6.45) is 5.42. The molecule has 5 amide bonds. The molecule has 1 aromatic carbocycles. The predicted octanol–water partition coefficient (Wildman–Crippen LogP) is -2.08. The highest BCUT2D eigenvalue weighted by Gasteiger charge is 2.56. The number of ether oxygens (including phenoxy) is 6. The van der Waals surface area contributed by atoms with Gasteiger partial charge in [0.25, 0.3) is 23.6 Å². The third-order valence-electron chi connectivity index (χ3n) is 15.8. The van der Waals surface area contributed by atoms with E-state index in [4.69, 9.17) is 49.6 Å². The second kappa shape index (κ2) is 37.8. The number of esters is 1. The fraction of sp³-hybridized carbons (Fsp3) is 0.455. The number of amides is 5. The third kappa shape index (κ3) is 20.9. The van der Waals surface area contributed by atoms with Crippen LogP contribution in [0.1, 0.15) is 72.6 Å². The Bertz CT molecular complexity index is 4640. The molecule has 37 nitrogen and oxygen atoms in total. The number of rotatable bonds is 29. The van der Waals surface area contributed by atoms with E-state index in [9.17, 15) is 43.8 Å². The molecule has 6 aromatic heterocycles. The van der Waals surface area contributed by atoms with E-state index in [1.807, 2.05) is 44.2 Å². The summed E-state index contributed by atoms with van der Waals surface area (Å²) in [6.45, 7) is 15.5. The molecule has 6 unspecified atom stereocenters. The normalized spacial score (nSPS) is 17.8. The van der Waals surface area contributed by atoms with Gasteiger partial charge in [0.15, 0.2) is 5.13 Å². The Morgan fingerprint density at radius 2 is 1.22 bits per heavy atom. The smallest absolute Gasteiger partial charge is 0.414 e. The Balaban J connectivity index is 0.000000294. The second-order valence-corrected chi connectivity index (χ2v) is 29.7. The number of pyridine rings is 2. The van der Waals surface area contributed by atoms with Crippen LogP contribution in [0.15, 0.2) is 111 Å². The number of carboxylic acid groups (broad SMARTS) is 1. The lowest BCUT2D eigenvalue weighted by atomic mass is 10.0. The van der Waals surface area contributed by atoms with Gasteiger partial charge in [-0.25, -0.2) is 18.7 Å². The molecule has 0 saturated carbocycles. The number of β-lactam (4-membered cyclic amide) rings is 2. The second-order valence-electron chi connectivity index (χ2n) is 26.0. The van der Waals surface area contributed by atoms with Crippen molar-refractivity contribution in [1.29, 1.82) is 0 Å². The zero-order valence-electron chi connectivity index (χ0n) is 60.9. The predicted molar refractivity (Wildman–Crippen MR) is 393 cm³/mol. The first-order chi connectivity index (χ1) is 51.1. The highest BCUT2D eigenvalue weighted by atomic mass is 127. The van der Waals surface area contributed by atoms with Crippen molar-refractivity contribution in [2.45, 2.75) is 134 Å². The van der Waals surface area contributed by atoms with Crippen molar-refractivity contribution < 1.29 is 115 Å². The summed E-state index contributed by atoms with van der Waals surface area (Å²) >= 11 is 4.34. The Morgan fingerprint density at radius 3 is 1.72 bits per heavy atom. The summed E-state index contributed by atoms with van der Waals surface area (Å²) < 4.78 is 47.8. The number of aliphatic carboxylic acids is 1. The molecule has 4 aliphatic heterocycles. The molecule has 7 N–H and O–H groups in total. The van der Waals surface area contributed by atoms with Gasteiger partial charge in [-0.2, -0.15) is 18.7 Å². The van der Waals surface area contributed by atoms with Gasteiger partial charge in [-0.15, -0.1) is 35.9 Å². The van der Waals surface area contributed by atoms with Crippen molar-refractivity contribution in [1.82, 2.24) is 58.3 Å². The summed E-state index contributed by atoms with van der Waals surface area (Å²) in [4.78, 5) is 127. The van der Waals surface area contributed by atoms with Crippen LogP contribution >= 0.6 is 59.0 Å². The molecule has 10 heterocycles. The minimum absolute atomic E-state index is 0. The fourth-order valence-electron chi connectivity index (χ4n) is 11.3. The number of oxime groups is 2. The average molecular weight is 1720 g/mol. The van der Waals surface area contributed by atoms with E-state index in [0.717, 1.165) is 33.5 Å². The van der Waals surface area contributed by atoms with Crippen LogP contribution in [-0.4, -0.2) is 212 Å². The number of nitrogen functional groups attached to an aromatic ring is 1. The van der Waals surface area contributed by atoms with Gasteiger partial charge < -0.3 is 108 Å². The number of carboxylic acids is 1. The molecule has 2 fully saturated rings. The number of aromatic nitrogens is 10. The maximum absolute atomic E-state index is 14.2. The zero-order chi connectivity index (χ0) is 77.0. The summed E-state index contributed by atoms with van der Waals surface area (Å²) in [7, 11) is 4.66. The lowest BCUT2D eigenvalue weighted by Crippen LogP contribution is -3.00. The number of imidazole rings is 2. The largest absolute Gasteiger partial charge is 1.00 e. The number of aliphatic imine (C=N–C) groups is 1. The molecule has 0 aliphatic carbocycles. The van der Waals surface area contributed by atoms with Gasteiger partial charge in [0.2, 0.25) is 40.9 Å². The molecule has 109 heavy (non-hydrogen) atoms. The van der Waals surface area contributed by atoms with Crippen LogP contribution in [0.4, 0.5) is 15.1 Å². The minimum Gasteiger partial charge on any atom is -1.00 e. The highest BCUT2D eigenvalue weighted by Crippen LogP contribution is 2.42. The molecule has 4 aliphatic rings. The summed E-state index contributed by atoms with van der Waals surface area (Å²) in [6, 6.07) is 11.5. The van der Waals surface area contributed by atoms with Crippen molar-refractivity contribution >= 4 is 151 Å². The molecule has 0 radical (unpaired) electrons. The summed E-state index contributed by atoms with van der Waals surface area (Å²) in [5.74, 6) is -3.98. The maximum Gasteiger partial charge on any atom is 0.414 e. The number of anilines is 2. The van der Waals surface area contributed by atoms with E-state index < -0.39 is 87.8 Å². The van der Waals surface area contributed by atoms with Gasteiger partial charge in [0.05, 0.1) is 57.0 Å². The molecule has 586 valence electrons. The SMILES string of the molecule is CCO/N=C(\C(=O)NC1C(=O)N2C(C(=O)OCc3ccc(OC)cc3)=C(C[n+]3cccc4c3ncn4CC(COC)N=C([O-])OC(C)(C)C)CSC12)c1nsc(NC(=O)OC(C)(C)C)n1.CCO/N=C(\C(=O)NC1C(=O)N2C(C(=O)[O-])=C(C[n+]3cccc4c3ncn4CC(N)COC)CSC12)c1nsc(N)n1.Cl.[I-]. The van der Waals surface area contributed by atoms with Gasteiger partial charge in [-0.3, -0.25) is 39.3 Å². The van der Waals surface area contributed by atoms with E-state index in [1.165, 1.54) is 35.5 Å². The first-order valence-electron chi connectivity index (χ1n) is 33.2. The number of halogens is 2. The molecular weight excluding hydrogens is 1640 g/mol. The van der Waals surface area contributed by atoms with Crippen molar-refractivity contribution in [3.8, 4) is 5.75 Å². The molecule has 2 saturated heterocycles. The monoisotopic (exact) mass is 1720 g/mol. The van der Waals surface area contributed by atoms with Crippen LogP contribution in [0.5, 0.6) is 5.75 Å². The summed E-state index contributed by atoms with van der Waals surface area (Å²) in [5, 5.41) is 39.2. The number of nitrogens with one attached hydrogen (secondary N) is 3. The Labute approximate surface area is 664 Å². The van der Waals surface area contributed by atoms with Crippen LogP contribution in [0.25, 0.3) is 22.3 Å². The van der Waals surface area contributed by atoms with Crippen molar-refractivity contribution in [2.75, 3.05) is 70.3 Å². The van der Waals surface area contributed by atoms with E-state index in [2.05, 4.69) is 59.9 Å². The van der Waals surface area contributed by atoms with Gasteiger partial charge in [0, 0.05) is 78.1 Å². The van der Waals surface area contributed by atoms with Gasteiger partial charge in [0.1, 0.15) is 89.9 Å². The quantitative estimate of drug-likeness (QED) is 0.00639. The van der Waals surface area contributed by atoms with Gasteiger partial charge in [-0.1, -0.05) is 43.2 Å². The maximum atomic E-state index is 14.2. The van der Waals surface area contributed by atoms with Crippen LogP contribution in [-0.2, 0) is 94.9 Å². The lowest BCUT2D eigenvalue weighted by molar-refractivity contribution is -0.665. The topological polar surface area (TPSA) is 466 Å². The number of thioether (sulfide) groups is 2. The minimum atomic E-state index is -1.49. The molecule has 0 spiro atoms. The first-order valence-corrected chi connectivity index (χ1v) is 36.9. The first kappa shape index (κ1) is 85.2. The van der Waals surface area contributed by atoms with E-state index in [-0.39, 0.29) is 145 Å². The summed E-state index contributed by atoms with van der Waals surface area (Å²) in [5.41, 5.74) is 13.9. The van der Waals surface area contributed by atoms with Crippen LogP contribution in [0.2, 0.25) is 0 Å². The van der Waals surface area contributed by atoms with Crippen molar-refractivity contribution in [3.05, 3.63) is 113 Å². The molecule has 0 bridgehead atoms. The fourth-order valence-corrected chi connectivity index (χ4v) is 15.0. The standard InChI is InChI=1S/C42H52N10O11S2.C24H28N10O6S2.ClH.HI/c1-10-61-48-29(32-46-38(65-49-32)47-40(57)63-42(5,6)7)34(53)45-30-35(54)52-31(37(55)60-20-24-13-15-27(59-9)16-14-24)25(22-64-36(30)52)18-50-17-11-12-28-33(50)43-23-51(28)19-26(21-58-8)44-39(56)62-41(2,3)4;1-3-40-30-15(18-29-24(26)42-31-18)20(35)28-16-21(36)34-17(23(37)38)12(10-41-22(16)34)7-32-6-4-5-14-19(32)27-11-33(14)8-13(25)9-39-2;;/h11-17,23,26,30,36H,10,18-22H2,1-9H3,(H2-,44,45,46,47,49,53,56,57);4-6,11,13,16,22H,3,7-10,25H2,1-2H3,(H3-,26,28,29,31,35,37,38);2*1H/p-1/b48-29-;30-15-;;. The number of benzene rings is 1. The third-order valence-corrected chi connectivity index (χ3v) is 19.6. The van der Waals surface area contributed by atoms with E-state index in [0.29, 0.717) is 52.4 Å². The Morgan fingerprint density at radius 1 is 0.706 bits per heavy atom. The van der Waals surface area contributed by atoms with Crippen molar-refractivity contribution in [3.63, 3.8) is 0 Å². The van der Waals surface area contributed by atoms with E-state index >= 15 is 0 Å². The molecule has 11 rings (SSSR count). The van der Waals surface area contributed by atoms with Crippen LogP contribution in [0, 0.1) is 0 Å². The zero-order valence-corrected chi connectivity index (χ0v) is 67.1. The number of fused-ring (bicyclic) bond motifs is 4. The number of methoxy groups -OCH3 is 3. The van der Waals surface area contributed by atoms with Crippen molar-refractivity contribution in [2.24, 2.45) is 21.0 Å². The number of nitrogens with zero attached hydrogens (tertiary/aromatic N) is 15. The number of hydrogen-bond donors (Lipinski definition) is 5. The van der Waals surface area contributed by atoms with Crippen LogP contribution in [0.3, 0.4) is 0 Å². The van der Waals surface area contributed by atoms with E-state index in [1.54, 1.807) is 117 Å². The average Bonchev–Trinajstić information content (AvgIpc) is 0.922. The molecule has 6 atom stereocenters. The molecule has 7 aromatic rings. The molecule has 43 heteroatoms. The van der Waals surface area contributed by atoms with Gasteiger partial charge in [-0.05, 0) is 86.5 Å². The lowest BCUT2D eigenvalue weighted by Gasteiger charge is -2.50. The molecular formula is C66H81ClIN20O17S4-. The Hall–Kier alpha value is -9.44.